The van der Waals surface area contributed by atoms with Crippen LogP contribution in [0.25, 0.3) is 4.13 Å². The largest absolute Gasteiger partial charge is 0.480 e. The Labute approximate surface area is 86.5 Å². The summed E-state index contributed by atoms with van der Waals surface area (Å²) in [6.07, 6.45) is 0. The molecule has 0 rings (SSSR count). The Kier molecular flexibility index (Phi) is 4.86. The number of rotatable bonds is 2. The molecule has 0 heterocycles. The molecule has 0 saturated heterocycles. The summed E-state index contributed by atoms with van der Waals surface area (Å²) in [5, 5.41) is 0. The van der Waals surface area contributed by atoms with E-state index in [0.717, 1.165) is 4.13 Å². The van der Waals surface area contributed by atoms with Crippen LogP contribution in [0.1, 0.15) is 7.43 Å². The van der Waals surface area contributed by atoms with Crippen LogP contribution in [0.3, 0.4) is 0 Å². The summed E-state index contributed by atoms with van der Waals surface area (Å²) in [6.45, 7) is 0. The van der Waals surface area contributed by atoms with Gasteiger partial charge < -0.3 is 4.13 Å². The molecule has 13 heteroatoms. The average molecular weight is 296 g/mol. The van der Waals surface area contributed by atoms with Gasteiger partial charge in [-0.15, -0.1) is 0 Å². The van der Waals surface area contributed by atoms with Crippen LogP contribution in [0.15, 0.2) is 0 Å². The molecule has 0 aliphatic carbocycles. The predicted molar refractivity (Wildman–Crippen MR) is 40.0 cm³/mol. The number of nitrogens with zero attached hydrogens (tertiary/aromatic N) is 1. The molecule has 0 aromatic rings. The van der Waals surface area contributed by atoms with Crippen molar-refractivity contribution in [1.82, 2.24) is 0 Å². The molecule has 0 atom stereocenters. The third-order valence-corrected chi connectivity index (χ3v) is 3.52. The average Bonchev–Trinajstić information content (AvgIpc) is 1.77. The highest BCUT2D eigenvalue weighted by Gasteiger charge is 2.46. The Balaban J connectivity index is 0. The maximum Gasteiger partial charge on any atom is 0.480 e. The van der Waals surface area contributed by atoms with E-state index in [-0.39, 0.29) is 7.43 Å². The van der Waals surface area contributed by atoms with E-state index >= 15 is 0 Å². The number of halogens is 6. The van der Waals surface area contributed by atoms with E-state index in [0.29, 0.717) is 0 Å². The minimum atomic E-state index is -6.72. The number of sulfonamides is 2. The molecule has 0 amide bonds. The molecule has 0 bridgehead atoms. The van der Waals surface area contributed by atoms with Crippen LogP contribution in [-0.4, -0.2) is 27.9 Å². The quantitative estimate of drug-likeness (QED) is 0.726. The lowest BCUT2D eigenvalue weighted by Crippen LogP contribution is -2.30. The van der Waals surface area contributed by atoms with Crippen LogP contribution in [0, 0.1) is 0 Å². The summed E-state index contributed by atoms with van der Waals surface area (Å²) in [7, 11) is -13.4. The SMILES string of the molecule is C.O=S(=O)([N-]S(=O)(=O)C(F)(F)F)C(F)(F)F. The van der Waals surface area contributed by atoms with Crippen molar-refractivity contribution in [2.75, 3.05) is 0 Å². The van der Waals surface area contributed by atoms with Crippen molar-refractivity contribution in [1.29, 1.82) is 0 Å². The molecule has 16 heavy (non-hydrogen) atoms. The summed E-state index contributed by atoms with van der Waals surface area (Å²) in [4.78, 5) is 0. The van der Waals surface area contributed by atoms with Crippen LogP contribution in [0.4, 0.5) is 26.3 Å². The summed E-state index contributed by atoms with van der Waals surface area (Å²) in [5.74, 6) is 0. The summed E-state index contributed by atoms with van der Waals surface area (Å²) in [5.41, 5.74) is -12.4. The highest BCUT2D eigenvalue weighted by atomic mass is 32.3. The lowest BCUT2D eigenvalue weighted by atomic mass is 11.6. The number of hydrogen-bond donors (Lipinski definition) is 0. The van der Waals surface area contributed by atoms with Gasteiger partial charge in [-0.25, -0.2) is 16.8 Å². The van der Waals surface area contributed by atoms with Gasteiger partial charge in [0.2, 0.25) is 0 Å². The van der Waals surface area contributed by atoms with Crippen molar-refractivity contribution in [2.24, 2.45) is 0 Å². The van der Waals surface area contributed by atoms with Crippen molar-refractivity contribution in [3.05, 3.63) is 4.13 Å². The highest BCUT2D eigenvalue weighted by molar-refractivity contribution is 8.12. The van der Waals surface area contributed by atoms with E-state index < -0.39 is 31.1 Å². The Hall–Kier alpha value is -0.560. The first-order valence-corrected chi connectivity index (χ1v) is 5.45. The Morgan fingerprint density at radius 2 is 0.875 bits per heavy atom. The molecule has 0 radical (unpaired) electrons. The zero-order chi connectivity index (χ0) is 12.7. The Bertz CT molecular complexity index is 387. The van der Waals surface area contributed by atoms with Gasteiger partial charge in [-0.1, -0.05) is 7.43 Å². The van der Waals surface area contributed by atoms with Gasteiger partial charge in [0.1, 0.15) is 0 Å². The van der Waals surface area contributed by atoms with E-state index in [1.165, 1.54) is 0 Å². The van der Waals surface area contributed by atoms with Gasteiger partial charge in [-0.2, -0.15) is 26.3 Å². The van der Waals surface area contributed by atoms with Gasteiger partial charge in [0, 0.05) is 0 Å². The first-order chi connectivity index (χ1) is 6.21. The maximum atomic E-state index is 11.4. The molecule has 0 aromatic heterocycles. The zero-order valence-corrected chi connectivity index (χ0v) is 7.80. The first kappa shape index (κ1) is 17.8. The zero-order valence-electron chi connectivity index (χ0n) is 6.16. The van der Waals surface area contributed by atoms with Crippen molar-refractivity contribution < 1.29 is 43.2 Å². The van der Waals surface area contributed by atoms with E-state index in [1.54, 1.807) is 0 Å². The lowest BCUT2D eigenvalue weighted by Gasteiger charge is -2.22. The third kappa shape index (κ3) is 3.79. The van der Waals surface area contributed by atoms with E-state index in [1.807, 2.05) is 0 Å². The maximum absolute atomic E-state index is 11.4. The van der Waals surface area contributed by atoms with Gasteiger partial charge in [0.05, 0.1) is 0 Å². The molecule has 0 saturated carbocycles. The molecule has 5 nitrogen and oxygen atoms in total. The van der Waals surface area contributed by atoms with Crippen LogP contribution < -0.4 is 0 Å². The fourth-order valence-corrected chi connectivity index (χ4v) is 1.92. The second-order valence-corrected chi connectivity index (χ2v) is 5.34. The summed E-state index contributed by atoms with van der Waals surface area (Å²) >= 11 is 0. The van der Waals surface area contributed by atoms with Crippen molar-refractivity contribution in [3.63, 3.8) is 0 Å². The van der Waals surface area contributed by atoms with Gasteiger partial charge in [-0.3, -0.25) is 0 Å². The summed E-state index contributed by atoms with van der Waals surface area (Å²) in [6, 6.07) is 0. The van der Waals surface area contributed by atoms with Gasteiger partial charge >= 0.3 is 11.0 Å². The van der Waals surface area contributed by atoms with Crippen LogP contribution in [-0.2, 0) is 20.0 Å². The van der Waals surface area contributed by atoms with Crippen LogP contribution in [0.2, 0.25) is 0 Å². The molecule has 0 unspecified atom stereocenters. The normalized spacial score (nSPS) is 14.4. The van der Waals surface area contributed by atoms with Crippen molar-refractivity contribution >= 4 is 20.0 Å². The fraction of sp³-hybridized carbons (Fsp3) is 1.00. The topological polar surface area (TPSA) is 82.4 Å². The second kappa shape index (κ2) is 4.37. The Morgan fingerprint density at radius 3 is 1.00 bits per heavy atom. The Morgan fingerprint density at radius 1 is 0.688 bits per heavy atom. The molecule has 0 N–H and O–H groups in total. The molecule has 0 aliphatic rings. The second-order valence-electron chi connectivity index (χ2n) is 1.92. The number of alkyl halides is 6. The van der Waals surface area contributed by atoms with Crippen LogP contribution in [0.5, 0.6) is 0 Å². The van der Waals surface area contributed by atoms with Gasteiger partial charge in [0.15, 0.2) is 20.0 Å². The summed E-state index contributed by atoms with van der Waals surface area (Å²) < 4.78 is 109. The minimum absolute atomic E-state index is 0. The molecule has 0 aromatic carbocycles. The smallest absolute Gasteiger partial charge is 0.421 e. The fourth-order valence-electron chi connectivity index (χ4n) is 0.214. The molecule has 0 fully saturated rings. The van der Waals surface area contributed by atoms with E-state index in [4.69, 9.17) is 0 Å². The minimum Gasteiger partial charge on any atom is -0.421 e. The number of hydrogen-bond acceptors (Lipinski definition) is 4. The van der Waals surface area contributed by atoms with E-state index in [9.17, 15) is 43.2 Å². The standard InChI is InChI=1S/C2F6NO4S2.CH4/c3-1(4,5)14(10,11)9-15(12,13)2(6,7)8;/h;1H4/q-1;. The first-order valence-electron chi connectivity index (χ1n) is 2.57. The van der Waals surface area contributed by atoms with Crippen molar-refractivity contribution in [3.8, 4) is 0 Å². The molecular weight excluding hydrogens is 292 g/mol. The molecule has 0 spiro atoms. The van der Waals surface area contributed by atoms with E-state index in [2.05, 4.69) is 0 Å². The third-order valence-electron chi connectivity index (χ3n) is 0.781. The molecule has 0 aliphatic heterocycles. The highest BCUT2D eigenvalue weighted by Crippen LogP contribution is 2.36. The molecular formula is C3H4F6NO4S2-. The van der Waals surface area contributed by atoms with Crippen LogP contribution >= 0.6 is 0 Å². The predicted octanol–water partition coefficient (Wildman–Crippen LogP) is 1.70. The molecule has 100 valence electrons. The van der Waals surface area contributed by atoms with Gasteiger partial charge in [-0.05, 0) is 0 Å². The lowest BCUT2D eigenvalue weighted by molar-refractivity contribution is -0.0444. The monoisotopic (exact) mass is 296 g/mol. The van der Waals surface area contributed by atoms with Gasteiger partial charge in [0.25, 0.3) is 0 Å². The van der Waals surface area contributed by atoms with Crippen molar-refractivity contribution in [2.45, 2.75) is 18.4 Å².